The summed E-state index contributed by atoms with van der Waals surface area (Å²) in [5.41, 5.74) is 1.07. The van der Waals surface area contributed by atoms with Crippen LogP contribution in [-0.2, 0) is 4.79 Å². The predicted octanol–water partition coefficient (Wildman–Crippen LogP) is 0.440. The third-order valence-electron chi connectivity index (χ3n) is 2.84. The van der Waals surface area contributed by atoms with Crippen molar-refractivity contribution >= 4 is 17.2 Å². The average Bonchev–Trinajstić information content (AvgIpc) is 2.85. The summed E-state index contributed by atoms with van der Waals surface area (Å²) in [5, 5.41) is 10.4. The lowest BCUT2D eigenvalue weighted by Gasteiger charge is -2.30. The highest BCUT2D eigenvalue weighted by molar-refractivity contribution is 7.08. The van der Waals surface area contributed by atoms with Crippen LogP contribution in [0.3, 0.4) is 0 Å². The van der Waals surface area contributed by atoms with Crippen LogP contribution in [0.25, 0.3) is 0 Å². The van der Waals surface area contributed by atoms with Crippen molar-refractivity contribution in [1.29, 1.82) is 0 Å². The van der Waals surface area contributed by atoms with Gasteiger partial charge in [0.05, 0.1) is 0 Å². The maximum Gasteiger partial charge on any atom is 0.244 e. The van der Waals surface area contributed by atoms with Gasteiger partial charge >= 0.3 is 0 Å². The molecule has 0 spiro atoms. The lowest BCUT2D eigenvalue weighted by Crippen LogP contribution is -2.49. The van der Waals surface area contributed by atoms with Crippen molar-refractivity contribution in [3.8, 4) is 0 Å². The van der Waals surface area contributed by atoms with Crippen LogP contribution in [0.2, 0.25) is 0 Å². The molecule has 1 atom stereocenters. The van der Waals surface area contributed by atoms with E-state index in [2.05, 4.69) is 10.6 Å². The number of carbonyl (C=O) groups is 1. The van der Waals surface area contributed by atoms with Gasteiger partial charge in [0.15, 0.2) is 0 Å². The van der Waals surface area contributed by atoms with Crippen LogP contribution >= 0.6 is 11.3 Å². The molecule has 1 aliphatic heterocycles. The summed E-state index contributed by atoms with van der Waals surface area (Å²) < 4.78 is 0. The number of rotatable bonds is 3. The highest BCUT2D eigenvalue weighted by Crippen LogP contribution is 2.18. The molecule has 16 heavy (non-hydrogen) atoms. The topological polar surface area (TPSA) is 44.4 Å². The highest BCUT2D eigenvalue weighted by atomic mass is 32.1. The van der Waals surface area contributed by atoms with Gasteiger partial charge in [0.1, 0.15) is 6.04 Å². The number of likely N-dealkylation sites (N-methyl/N-ethyl adjacent to an activating group) is 1. The average molecular weight is 239 g/mol. The number of nitrogens with one attached hydrogen (secondary N) is 2. The Balaban J connectivity index is 2.06. The molecule has 1 aromatic rings. The van der Waals surface area contributed by atoms with Gasteiger partial charge in [-0.05, 0) is 29.4 Å². The summed E-state index contributed by atoms with van der Waals surface area (Å²) in [7, 11) is 1.84. The summed E-state index contributed by atoms with van der Waals surface area (Å²) in [6, 6.07) is 1.82. The van der Waals surface area contributed by atoms with Crippen LogP contribution in [0, 0.1) is 0 Å². The Labute approximate surface area is 99.6 Å². The number of nitrogens with zero attached hydrogens (tertiary/aromatic N) is 1. The first-order valence-electron chi connectivity index (χ1n) is 5.52. The minimum atomic E-state index is -0.190. The molecule has 88 valence electrons. The maximum atomic E-state index is 12.3. The molecule has 1 aliphatic rings. The molecule has 1 unspecified atom stereocenters. The zero-order valence-corrected chi connectivity index (χ0v) is 10.2. The van der Waals surface area contributed by atoms with E-state index < -0.39 is 0 Å². The van der Waals surface area contributed by atoms with Crippen molar-refractivity contribution in [1.82, 2.24) is 15.5 Å². The summed E-state index contributed by atoms with van der Waals surface area (Å²) in [4.78, 5) is 14.2. The van der Waals surface area contributed by atoms with E-state index in [1.165, 1.54) is 0 Å². The largest absolute Gasteiger partial charge is 0.338 e. The Bertz CT molecular complexity index is 333. The fraction of sp³-hybridized carbons (Fsp3) is 0.545. The lowest BCUT2D eigenvalue weighted by molar-refractivity contribution is -0.134. The number of piperazine rings is 1. The van der Waals surface area contributed by atoms with E-state index in [0.717, 1.165) is 31.7 Å². The van der Waals surface area contributed by atoms with Crippen LogP contribution in [0.5, 0.6) is 0 Å². The third-order valence-corrected chi connectivity index (χ3v) is 3.54. The quantitative estimate of drug-likeness (QED) is 0.804. The number of amides is 1. The number of carbonyl (C=O) groups excluding carboxylic acids is 1. The third kappa shape index (κ3) is 2.42. The Kier molecular flexibility index (Phi) is 3.93. The fourth-order valence-electron chi connectivity index (χ4n) is 1.94. The van der Waals surface area contributed by atoms with Crippen molar-refractivity contribution in [3.05, 3.63) is 22.4 Å². The summed E-state index contributed by atoms with van der Waals surface area (Å²) in [6.07, 6.45) is 0. The van der Waals surface area contributed by atoms with Gasteiger partial charge in [0.25, 0.3) is 0 Å². The number of hydrogen-bond acceptors (Lipinski definition) is 4. The highest BCUT2D eigenvalue weighted by Gasteiger charge is 2.25. The summed E-state index contributed by atoms with van der Waals surface area (Å²) in [6.45, 7) is 3.40. The lowest BCUT2D eigenvalue weighted by atomic mass is 10.1. The molecule has 5 heteroatoms. The molecule has 0 bridgehead atoms. The smallest absolute Gasteiger partial charge is 0.244 e. The second-order valence-corrected chi connectivity index (χ2v) is 4.63. The van der Waals surface area contributed by atoms with Gasteiger partial charge in [-0.25, -0.2) is 0 Å². The second-order valence-electron chi connectivity index (χ2n) is 3.85. The van der Waals surface area contributed by atoms with Gasteiger partial charge in [-0.3, -0.25) is 4.79 Å². The molecule has 0 radical (unpaired) electrons. The van der Waals surface area contributed by atoms with Crippen molar-refractivity contribution in [2.75, 3.05) is 33.2 Å². The molecule has 1 amide bonds. The zero-order chi connectivity index (χ0) is 11.4. The molecule has 0 aromatic carbocycles. The van der Waals surface area contributed by atoms with Crippen molar-refractivity contribution in [2.24, 2.45) is 0 Å². The van der Waals surface area contributed by atoms with Gasteiger partial charge in [-0.15, -0.1) is 0 Å². The Morgan fingerprint density at radius 1 is 1.56 bits per heavy atom. The minimum absolute atomic E-state index is 0.183. The SMILES string of the molecule is CNC(C(=O)N1CCNCC1)c1ccsc1. The molecule has 0 aliphatic carbocycles. The molecule has 1 fully saturated rings. The number of thiophene rings is 1. The van der Waals surface area contributed by atoms with Crippen molar-refractivity contribution in [3.63, 3.8) is 0 Å². The van der Waals surface area contributed by atoms with Gasteiger partial charge in [-0.1, -0.05) is 0 Å². The van der Waals surface area contributed by atoms with Crippen LogP contribution in [-0.4, -0.2) is 44.0 Å². The first kappa shape index (κ1) is 11.6. The van der Waals surface area contributed by atoms with Crippen LogP contribution in [0.1, 0.15) is 11.6 Å². The zero-order valence-electron chi connectivity index (χ0n) is 9.40. The summed E-state index contributed by atoms with van der Waals surface area (Å²) >= 11 is 1.62. The fourth-order valence-corrected chi connectivity index (χ4v) is 2.63. The molecule has 2 heterocycles. The van der Waals surface area contributed by atoms with E-state index in [-0.39, 0.29) is 11.9 Å². The molecule has 2 rings (SSSR count). The first-order valence-corrected chi connectivity index (χ1v) is 6.46. The summed E-state index contributed by atoms with van der Waals surface area (Å²) in [5.74, 6) is 0.183. The molecule has 4 nitrogen and oxygen atoms in total. The van der Waals surface area contributed by atoms with Gasteiger partial charge in [0.2, 0.25) is 5.91 Å². The van der Waals surface area contributed by atoms with E-state index in [9.17, 15) is 4.79 Å². The van der Waals surface area contributed by atoms with Crippen LogP contribution in [0.4, 0.5) is 0 Å². The van der Waals surface area contributed by atoms with Crippen molar-refractivity contribution in [2.45, 2.75) is 6.04 Å². The second kappa shape index (κ2) is 5.43. The Morgan fingerprint density at radius 2 is 2.31 bits per heavy atom. The van der Waals surface area contributed by atoms with E-state index in [1.807, 2.05) is 28.8 Å². The standard InChI is InChI=1S/C11H17N3OS/c1-12-10(9-2-7-16-8-9)11(15)14-5-3-13-4-6-14/h2,7-8,10,12-13H,3-6H2,1H3. The van der Waals surface area contributed by atoms with E-state index in [1.54, 1.807) is 11.3 Å². The van der Waals surface area contributed by atoms with Crippen LogP contribution < -0.4 is 10.6 Å². The van der Waals surface area contributed by atoms with Gasteiger partial charge in [-0.2, -0.15) is 11.3 Å². The molecule has 0 saturated carbocycles. The van der Waals surface area contributed by atoms with Gasteiger partial charge in [0, 0.05) is 26.2 Å². The van der Waals surface area contributed by atoms with Crippen molar-refractivity contribution < 1.29 is 4.79 Å². The van der Waals surface area contributed by atoms with Gasteiger partial charge < -0.3 is 15.5 Å². The van der Waals surface area contributed by atoms with E-state index >= 15 is 0 Å². The molecule has 1 aromatic heterocycles. The maximum absolute atomic E-state index is 12.3. The van der Waals surface area contributed by atoms with Crippen LogP contribution in [0.15, 0.2) is 16.8 Å². The molecular formula is C11H17N3OS. The normalized spacial score (nSPS) is 18.4. The van der Waals surface area contributed by atoms with E-state index in [0.29, 0.717) is 0 Å². The Hall–Kier alpha value is -0.910. The number of hydrogen-bond donors (Lipinski definition) is 2. The molecule has 1 saturated heterocycles. The Morgan fingerprint density at radius 3 is 2.88 bits per heavy atom. The first-order chi connectivity index (χ1) is 7.83. The van der Waals surface area contributed by atoms with E-state index in [4.69, 9.17) is 0 Å². The molecule has 2 N–H and O–H groups in total. The predicted molar refractivity (Wildman–Crippen MR) is 65.6 cm³/mol. The monoisotopic (exact) mass is 239 g/mol. The molecular weight excluding hydrogens is 222 g/mol. The minimum Gasteiger partial charge on any atom is -0.338 e.